The van der Waals surface area contributed by atoms with Crippen LogP contribution in [0.4, 0.5) is 0 Å². The number of carbonyl (C=O) groups excluding carboxylic acids is 3. The van der Waals surface area contributed by atoms with Gasteiger partial charge in [0.1, 0.15) is 17.8 Å². The molecule has 0 aromatic heterocycles. The van der Waals surface area contributed by atoms with Crippen LogP contribution in [0.25, 0.3) is 0 Å². The van der Waals surface area contributed by atoms with Crippen molar-refractivity contribution in [3.05, 3.63) is 65.7 Å². The van der Waals surface area contributed by atoms with Crippen molar-refractivity contribution in [2.45, 2.75) is 43.8 Å². The first-order chi connectivity index (χ1) is 17.5. The number of aromatic hydroxyl groups is 1. The minimum Gasteiger partial charge on any atom is -0.508 e. The third kappa shape index (κ3) is 10.4. The molecule has 0 fully saturated rings. The van der Waals surface area contributed by atoms with Crippen LogP contribution in [0.5, 0.6) is 5.75 Å². The van der Waals surface area contributed by atoms with Crippen molar-refractivity contribution < 1.29 is 39.3 Å². The summed E-state index contributed by atoms with van der Waals surface area (Å²) in [7, 11) is 0. The van der Waals surface area contributed by atoms with E-state index in [-0.39, 0.29) is 25.0 Å². The Morgan fingerprint density at radius 3 is 2.00 bits per heavy atom. The van der Waals surface area contributed by atoms with Crippen LogP contribution in [0.2, 0.25) is 0 Å². The van der Waals surface area contributed by atoms with E-state index in [1.807, 2.05) is 0 Å². The largest absolute Gasteiger partial charge is 0.508 e. The number of benzene rings is 2. The van der Waals surface area contributed by atoms with Crippen molar-refractivity contribution in [2.75, 3.05) is 6.54 Å². The summed E-state index contributed by atoms with van der Waals surface area (Å²) in [6.07, 6.45) is -0.613. The van der Waals surface area contributed by atoms with Crippen molar-refractivity contribution in [3.8, 4) is 5.75 Å². The molecule has 37 heavy (non-hydrogen) atoms. The smallest absolute Gasteiger partial charge is 0.326 e. The third-order valence-electron chi connectivity index (χ3n) is 5.35. The number of nitrogens with one attached hydrogen (secondary N) is 3. The Hall–Kier alpha value is -4.45. The number of hydrogen-bond donors (Lipinski definition) is 7. The number of phenolic OH excluding ortho intramolecular Hbond substituents is 1. The van der Waals surface area contributed by atoms with Gasteiger partial charge in [-0.3, -0.25) is 19.2 Å². The summed E-state index contributed by atoms with van der Waals surface area (Å²) in [5.41, 5.74) is 7.28. The highest BCUT2D eigenvalue weighted by molar-refractivity contribution is 5.92. The molecular formula is C25H30N4O8. The quantitative estimate of drug-likeness (QED) is 0.174. The third-order valence-corrected chi connectivity index (χ3v) is 5.35. The van der Waals surface area contributed by atoms with Crippen LogP contribution >= 0.6 is 0 Å². The van der Waals surface area contributed by atoms with Gasteiger partial charge in [-0.05, 0) is 36.1 Å². The Labute approximate surface area is 212 Å². The van der Waals surface area contributed by atoms with E-state index in [0.29, 0.717) is 11.1 Å². The molecule has 0 aliphatic heterocycles. The zero-order valence-corrected chi connectivity index (χ0v) is 19.9. The molecule has 198 valence electrons. The Kier molecular flexibility index (Phi) is 11.0. The minimum atomic E-state index is -1.46. The first-order valence-electron chi connectivity index (χ1n) is 11.4. The van der Waals surface area contributed by atoms with E-state index in [2.05, 4.69) is 16.0 Å². The maximum Gasteiger partial charge on any atom is 0.326 e. The lowest BCUT2D eigenvalue weighted by atomic mass is 10.0. The SMILES string of the molecule is NC(Cc1ccc(O)cc1)C(=O)NCC(=O)NC(Cc1ccccc1)C(=O)NC(CCC(=O)O)C(=O)O. The van der Waals surface area contributed by atoms with Crippen LogP contribution in [-0.2, 0) is 36.8 Å². The Morgan fingerprint density at radius 1 is 0.784 bits per heavy atom. The second-order valence-electron chi connectivity index (χ2n) is 8.34. The summed E-state index contributed by atoms with van der Waals surface area (Å²) in [4.78, 5) is 60.0. The van der Waals surface area contributed by atoms with Gasteiger partial charge in [0.2, 0.25) is 17.7 Å². The van der Waals surface area contributed by atoms with Crippen LogP contribution in [-0.4, -0.2) is 69.7 Å². The van der Waals surface area contributed by atoms with Gasteiger partial charge in [0.05, 0.1) is 12.6 Å². The van der Waals surface area contributed by atoms with E-state index >= 15 is 0 Å². The van der Waals surface area contributed by atoms with Crippen molar-refractivity contribution in [1.29, 1.82) is 0 Å². The van der Waals surface area contributed by atoms with E-state index in [1.165, 1.54) is 12.1 Å². The molecular weight excluding hydrogens is 484 g/mol. The molecule has 3 atom stereocenters. The maximum atomic E-state index is 12.9. The molecule has 12 nitrogen and oxygen atoms in total. The number of phenols is 1. The summed E-state index contributed by atoms with van der Waals surface area (Å²) < 4.78 is 0. The van der Waals surface area contributed by atoms with Crippen molar-refractivity contribution >= 4 is 29.7 Å². The number of aliphatic carboxylic acids is 2. The number of rotatable bonds is 14. The number of carboxylic acid groups (broad SMARTS) is 2. The Morgan fingerprint density at radius 2 is 1.41 bits per heavy atom. The fourth-order valence-electron chi connectivity index (χ4n) is 3.38. The van der Waals surface area contributed by atoms with Gasteiger partial charge in [0.25, 0.3) is 0 Å². The summed E-state index contributed by atoms with van der Waals surface area (Å²) in [5.74, 6) is -4.68. The lowest BCUT2D eigenvalue weighted by Crippen LogP contribution is -2.54. The first-order valence-corrected chi connectivity index (χ1v) is 11.4. The molecule has 0 aliphatic rings. The molecule has 8 N–H and O–H groups in total. The highest BCUT2D eigenvalue weighted by atomic mass is 16.4. The topological polar surface area (TPSA) is 208 Å². The van der Waals surface area contributed by atoms with Crippen LogP contribution < -0.4 is 21.7 Å². The average Bonchev–Trinajstić information content (AvgIpc) is 2.86. The van der Waals surface area contributed by atoms with Crippen molar-refractivity contribution in [1.82, 2.24) is 16.0 Å². The highest BCUT2D eigenvalue weighted by Crippen LogP contribution is 2.11. The first kappa shape index (κ1) is 28.8. The number of carboxylic acids is 2. The molecule has 2 aromatic carbocycles. The van der Waals surface area contributed by atoms with E-state index in [0.717, 1.165) is 0 Å². The van der Waals surface area contributed by atoms with Crippen LogP contribution in [0.3, 0.4) is 0 Å². The van der Waals surface area contributed by atoms with E-state index in [9.17, 15) is 34.2 Å². The summed E-state index contributed by atoms with van der Waals surface area (Å²) in [5, 5.41) is 34.6. The number of hydrogen-bond acceptors (Lipinski definition) is 7. The molecule has 0 heterocycles. The van der Waals surface area contributed by atoms with Gasteiger partial charge in [-0.15, -0.1) is 0 Å². The molecule has 0 spiro atoms. The van der Waals surface area contributed by atoms with Gasteiger partial charge >= 0.3 is 11.9 Å². The van der Waals surface area contributed by atoms with Crippen LogP contribution in [0.15, 0.2) is 54.6 Å². The average molecular weight is 515 g/mol. The van der Waals surface area contributed by atoms with Gasteiger partial charge in [-0.1, -0.05) is 42.5 Å². The van der Waals surface area contributed by atoms with Gasteiger partial charge in [-0.25, -0.2) is 4.79 Å². The maximum absolute atomic E-state index is 12.9. The van der Waals surface area contributed by atoms with E-state index in [1.54, 1.807) is 42.5 Å². The standard InChI is InChI=1S/C25H30N4O8/c26-18(12-16-6-8-17(30)9-7-16)23(34)27-14-21(31)28-20(13-15-4-2-1-3-5-15)24(35)29-19(25(36)37)10-11-22(32)33/h1-9,18-20,30H,10-14,26H2,(H,27,34)(H,28,31)(H,29,35)(H,32,33)(H,36,37). The molecule has 0 saturated heterocycles. The van der Waals surface area contributed by atoms with E-state index in [4.69, 9.17) is 10.8 Å². The minimum absolute atomic E-state index is 0.0258. The Bertz CT molecular complexity index is 1090. The predicted octanol–water partition coefficient (Wildman–Crippen LogP) is -0.460. The number of amides is 3. The normalized spacial score (nSPS) is 13.0. The van der Waals surface area contributed by atoms with Crippen LogP contribution in [0, 0.1) is 0 Å². The molecule has 3 unspecified atom stereocenters. The van der Waals surface area contributed by atoms with Gasteiger partial charge < -0.3 is 37.0 Å². The summed E-state index contributed by atoms with van der Waals surface area (Å²) in [6, 6.07) is 11.2. The highest BCUT2D eigenvalue weighted by Gasteiger charge is 2.27. The molecule has 0 radical (unpaired) electrons. The summed E-state index contributed by atoms with van der Waals surface area (Å²) >= 11 is 0. The molecule has 2 aromatic rings. The molecule has 3 amide bonds. The van der Waals surface area contributed by atoms with Gasteiger partial charge in [-0.2, -0.15) is 0 Å². The van der Waals surface area contributed by atoms with Crippen molar-refractivity contribution in [2.24, 2.45) is 5.73 Å². The van der Waals surface area contributed by atoms with Crippen molar-refractivity contribution in [3.63, 3.8) is 0 Å². The molecule has 2 rings (SSSR count). The number of carbonyl (C=O) groups is 5. The predicted molar refractivity (Wildman–Crippen MR) is 131 cm³/mol. The molecule has 0 aliphatic carbocycles. The van der Waals surface area contributed by atoms with E-state index < -0.39 is 60.8 Å². The van der Waals surface area contributed by atoms with Crippen LogP contribution in [0.1, 0.15) is 24.0 Å². The second kappa shape index (κ2) is 14.2. The monoisotopic (exact) mass is 514 g/mol. The zero-order chi connectivity index (χ0) is 27.4. The molecule has 12 heteroatoms. The molecule has 0 bridgehead atoms. The Balaban J connectivity index is 1.99. The zero-order valence-electron chi connectivity index (χ0n) is 19.9. The molecule has 0 saturated carbocycles. The summed E-state index contributed by atoms with van der Waals surface area (Å²) in [6.45, 7) is -0.484. The fourth-order valence-corrected chi connectivity index (χ4v) is 3.38. The lowest BCUT2D eigenvalue weighted by Gasteiger charge is -2.22. The lowest BCUT2D eigenvalue weighted by molar-refractivity contribution is -0.143. The second-order valence-corrected chi connectivity index (χ2v) is 8.34. The fraction of sp³-hybridized carbons (Fsp3) is 0.320. The number of nitrogens with two attached hydrogens (primary N) is 1. The van der Waals surface area contributed by atoms with Gasteiger partial charge in [0.15, 0.2) is 0 Å². The van der Waals surface area contributed by atoms with Gasteiger partial charge in [0, 0.05) is 12.8 Å².